The number of hydrogen-bond donors (Lipinski definition) is 1. The summed E-state index contributed by atoms with van der Waals surface area (Å²) in [5, 5.41) is 10.7. The monoisotopic (exact) mass is 186 g/mol. The van der Waals surface area contributed by atoms with Crippen LogP contribution in [0.2, 0.25) is 0 Å². The molecule has 1 aliphatic heterocycles. The Morgan fingerprint density at radius 1 is 1.25 bits per heavy atom. The molecule has 2 rings (SSSR count). The van der Waals surface area contributed by atoms with Crippen LogP contribution in [0.5, 0.6) is 0 Å². The van der Waals surface area contributed by atoms with Gasteiger partial charge in [-0.05, 0) is 44.3 Å². The predicted molar refractivity (Wildman–Crippen MR) is 53.5 cm³/mol. The van der Waals surface area contributed by atoms with E-state index in [1.54, 1.807) is 0 Å². The topological polar surface area (TPSA) is 20.2 Å². The number of hydrogen-bond acceptors (Lipinski definition) is 2. The van der Waals surface area contributed by atoms with E-state index in [1.807, 2.05) is 0 Å². The van der Waals surface area contributed by atoms with Crippen LogP contribution < -0.4 is 0 Å². The quantitative estimate of drug-likeness (QED) is 0.715. The van der Waals surface area contributed by atoms with Gasteiger partial charge in [0.05, 0.1) is 5.60 Å². The second-order valence-electron chi connectivity index (χ2n) is 4.27. The molecule has 0 radical (unpaired) electrons. The number of thioether (sulfide) groups is 1. The van der Waals surface area contributed by atoms with Crippen LogP contribution in [0.1, 0.15) is 44.9 Å². The van der Waals surface area contributed by atoms with E-state index in [0.29, 0.717) is 0 Å². The van der Waals surface area contributed by atoms with Crippen LogP contribution in [0.3, 0.4) is 0 Å². The Bertz CT molecular complexity index is 148. The summed E-state index contributed by atoms with van der Waals surface area (Å²) in [4.78, 5) is 0. The van der Waals surface area contributed by atoms with Crippen LogP contribution in [0.15, 0.2) is 0 Å². The first kappa shape index (κ1) is 8.89. The number of aliphatic hydroxyl groups is 1. The Hall–Kier alpha value is 0.310. The Morgan fingerprint density at radius 3 is 2.58 bits per heavy atom. The smallest absolute Gasteiger partial charge is 0.0658 e. The fourth-order valence-electron chi connectivity index (χ4n) is 2.18. The van der Waals surface area contributed by atoms with Gasteiger partial charge in [0.15, 0.2) is 0 Å². The normalized spacial score (nSPS) is 34.2. The van der Waals surface area contributed by atoms with Crippen molar-refractivity contribution in [1.82, 2.24) is 0 Å². The van der Waals surface area contributed by atoms with Gasteiger partial charge in [0.2, 0.25) is 0 Å². The summed E-state index contributed by atoms with van der Waals surface area (Å²) in [6.45, 7) is 0. The van der Waals surface area contributed by atoms with Crippen molar-refractivity contribution in [2.75, 3.05) is 5.75 Å². The van der Waals surface area contributed by atoms with Gasteiger partial charge in [0.25, 0.3) is 0 Å². The van der Waals surface area contributed by atoms with E-state index >= 15 is 0 Å². The minimum atomic E-state index is -0.241. The molecule has 1 saturated carbocycles. The zero-order valence-corrected chi connectivity index (χ0v) is 8.41. The van der Waals surface area contributed by atoms with Crippen LogP contribution in [0.4, 0.5) is 0 Å². The maximum absolute atomic E-state index is 9.95. The molecule has 12 heavy (non-hydrogen) atoms. The van der Waals surface area contributed by atoms with Gasteiger partial charge in [-0.3, -0.25) is 0 Å². The maximum Gasteiger partial charge on any atom is 0.0658 e. The van der Waals surface area contributed by atoms with E-state index in [4.69, 9.17) is 0 Å². The van der Waals surface area contributed by atoms with Crippen molar-refractivity contribution in [3.63, 3.8) is 0 Å². The highest BCUT2D eigenvalue weighted by molar-refractivity contribution is 7.99. The third kappa shape index (κ3) is 1.97. The highest BCUT2D eigenvalue weighted by Gasteiger charge is 2.36. The molecule has 0 aromatic rings. The molecule has 2 fully saturated rings. The van der Waals surface area contributed by atoms with Crippen LogP contribution in [-0.4, -0.2) is 21.7 Å². The van der Waals surface area contributed by atoms with Gasteiger partial charge in [0.1, 0.15) is 0 Å². The average molecular weight is 186 g/mol. The van der Waals surface area contributed by atoms with Crippen LogP contribution in [0, 0.1) is 0 Å². The fraction of sp³-hybridized carbons (Fsp3) is 1.00. The van der Waals surface area contributed by atoms with Crippen molar-refractivity contribution in [2.24, 2.45) is 0 Å². The molecule has 1 unspecified atom stereocenters. The van der Waals surface area contributed by atoms with Crippen molar-refractivity contribution in [3.8, 4) is 0 Å². The van der Waals surface area contributed by atoms with Gasteiger partial charge in [0, 0.05) is 5.25 Å². The minimum Gasteiger partial charge on any atom is -0.390 e. The molecule has 1 nitrogen and oxygen atoms in total. The summed E-state index contributed by atoms with van der Waals surface area (Å²) >= 11 is 2.08. The lowest BCUT2D eigenvalue weighted by atomic mass is 9.76. The van der Waals surface area contributed by atoms with E-state index < -0.39 is 0 Å². The van der Waals surface area contributed by atoms with Crippen molar-refractivity contribution < 1.29 is 5.11 Å². The molecule has 1 aliphatic carbocycles. The molecule has 70 valence electrons. The molecular weight excluding hydrogens is 168 g/mol. The molecule has 1 N–H and O–H groups in total. The third-order valence-corrected chi connectivity index (χ3v) is 4.56. The predicted octanol–water partition coefficient (Wildman–Crippen LogP) is 2.58. The van der Waals surface area contributed by atoms with E-state index in [2.05, 4.69) is 11.8 Å². The molecule has 1 saturated heterocycles. The zero-order chi connectivity index (χ0) is 8.44. The van der Waals surface area contributed by atoms with Gasteiger partial charge in [-0.15, -0.1) is 0 Å². The van der Waals surface area contributed by atoms with E-state index in [1.165, 1.54) is 31.4 Å². The van der Waals surface area contributed by atoms with Crippen molar-refractivity contribution in [3.05, 3.63) is 0 Å². The lowest BCUT2D eigenvalue weighted by Gasteiger charge is -2.40. The lowest BCUT2D eigenvalue weighted by molar-refractivity contribution is -0.0407. The largest absolute Gasteiger partial charge is 0.390 e. The van der Waals surface area contributed by atoms with E-state index in [9.17, 15) is 5.11 Å². The zero-order valence-electron chi connectivity index (χ0n) is 7.59. The summed E-state index contributed by atoms with van der Waals surface area (Å²) in [6.07, 6.45) is 8.54. The molecule has 2 heteroatoms. The first-order chi connectivity index (χ1) is 5.79. The second-order valence-corrected chi connectivity index (χ2v) is 5.68. The van der Waals surface area contributed by atoms with Crippen molar-refractivity contribution in [1.29, 1.82) is 0 Å². The fourth-order valence-corrected chi connectivity index (χ4v) is 3.65. The van der Waals surface area contributed by atoms with Gasteiger partial charge in [-0.25, -0.2) is 0 Å². The van der Waals surface area contributed by atoms with Crippen LogP contribution in [0.25, 0.3) is 0 Å². The van der Waals surface area contributed by atoms with Gasteiger partial charge >= 0.3 is 0 Å². The summed E-state index contributed by atoms with van der Waals surface area (Å²) in [5.41, 5.74) is -0.241. The van der Waals surface area contributed by atoms with Crippen molar-refractivity contribution >= 4 is 11.8 Å². The Labute approximate surface area is 78.9 Å². The average Bonchev–Trinajstić information content (AvgIpc) is 2.04. The summed E-state index contributed by atoms with van der Waals surface area (Å²) in [5.74, 6) is 1.32. The summed E-state index contributed by atoms with van der Waals surface area (Å²) in [6, 6.07) is 0. The molecule has 0 bridgehead atoms. The highest BCUT2D eigenvalue weighted by Crippen LogP contribution is 2.40. The summed E-state index contributed by atoms with van der Waals surface area (Å²) in [7, 11) is 0. The van der Waals surface area contributed by atoms with E-state index in [-0.39, 0.29) is 5.60 Å². The van der Waals surface area contributed by atoms with Crippen LogP contribution in [-0.2, 0) is 0 Å². The molecular formula is C10H18OS. The van der Waals surface area contributed by atoms with Gasteiger partial charge in [-0.1, -0.05) is 6.42 Å². The standard InChI is InChI=1S/C10H18OS/c11-10(5-3-6-10)8-9-4-1-2-7-12-9/h9,11H,1-8H2. The molecule has 0 amide bonds. The Kier molecular flexibility index (Phi) is 2.66. The molecule has 1 heterocycles. The molecule has 1 atom stereocenters. The second kappa shape index (κ2) is 3.59. The molecule has 0 aromatic heterocycles. The Balaban J connectivity index is 1.77. The highest BCUT2D eigenvalue weighted by atomic mass is 32.2. The van der Waals surface area contributed by atoms with Crippen LogP contribution >= 0.6 is 11.8 Å². The lowest BCUT2D eigenvalue weighted by Crippen LogP contribution is -2.39. The number of rotatable bonds is 2. The molecule has 0 spiro atoms. The Morgan fingerprint density at radius 2 is 2.08 bits per heavy atom. The molecule has 0 aromatic carbocycles. The first-order valence-electron chi connectivity index (χ1n) is 5.13. The van der Waals surface area contributed by atoms with Gasteiger partial charge < -0.3 is 5.11 Å². The SMILES string of the molecule is OC1(CC2CCCCS2)CCC1. The maximum atomic E-state index is 9.95. The molecule has 2 aliphatic rings. The van der Waals surface area contributed by atoms with E-state index in [0.717, 1.165) is 24.5 Å². The summed E-state index contributed by atoms with van der Waals surface area (Å²) < 4.78 is 0. The van der Waals surface area contributed by atoms with Crippen molar-refractivity contribution in [2.45, 2.75) is 55.8 Å². The minimum absolute atomic E-state index is 0.241. The third-order valence-electron chi connectivity index (χ3n) is 3.17. The first-order valence-corrected chi connectivity index (χ1v) is 6.17. The van der Waals surface area contributed by atoms with Gasteiger partial charge in [-0.2, -0.15) is 11.8 Å².